The minimum absolute atomic E-state index is 0.291. The zero-order valence-electron chi connectivity index (χ0n) is 14.6. The van der Waals surface area contributed by atoms with Gasteiger partial charge in [-0.1, -0.05) is 36.4 Å². The topological polar surface area (TPSA) is 102 Å². The molecule has 1 saturated heterocycles. The average molecular weight is 372 g/mol. The molecule has 1 unspecified atom stereocenters. The van der Waals surface area contributed by atoms with Gasteiger partial charge in [0, 0.05) is 0 Å². The summed E-state index contributed by atoms with van der Waals surface area (Å²) in [5.74, 6) is -1.26. The number of hydrogen-bond donors (Lipinski definition) is 2. The van der Waals surface area contributed by atoms with E-state index in [1.807, 2.05) is 0 Å². The molecule has 0 aliphatic carbocycles. The van der Waals surface area contributed by atoms with Crippen LogP contribution in [-0.4, -0.2) is 52.9 Å². The molecule has 0 bridgehead atoms. The van der Waals surface area contributed by atoms with Gasteiger partial charge in [0.15, 0.2) is 12.4 Å². The monoisotopic (exact) mass is 372 g/mol. The Hall–Kier alpha value is -2.74. The van der Waals surface area contributed by atoms with Crippen molar-refractivity contribution in [3.05, 3.63) is 71.8 Å². The number of rotatable bonds is 5. The first-order valence-corrected chi connectivity index (χ1v) is 8.51. The van der Waals surface area contributed by atoms with Crippen molar-refractivity contribution in [2.45, 2.75) is 37.6 Å². The van der Waals surface area contributed by atoms with Crippen LogP contribution in [0.3, 0.4) is 0 Å². The number of esters is 2. The first-order valence-electron chi connectivity index (χ1n) is 8.51. The first kappa shape index (κ1) is 19.0. The van der Waals surface area contributed by atoms with Crippen LogP contribution < -0.4 is 0 Å². The highest BCUT2D eigenvalue weighted by molar-refractivity contribution is 5.90. The summed E-state index contributed by atoms with van der Waals surface area (Å²) in [5.41, 5.74) is 0.639. The molecule has 0 amide bonds. The molecule has 7 heteroatoms. The summed E-state index contributed by atoms with van der Waals surface area (Å²) in [6, 6.07) is 16.6. The van der Waals surface area contributed by atoms with Gasteiger partial charge in [0.05, 0.1) is 11.1 Å². The van der Waals surface area contributed by atoms with E-state index in [9.17, 15) is 19.8 Å². The second-order valence-electron chi connectivity index (χ2n) is 6.19. The van der Waals surface area contributed by atoms with Gasteiger partial charge in [-0.25, -0.2) is 9.59 Å². The SMILES string of the molecule is C[C@@H](OC(=O)c1ccccc1)[C@H]1OC(O)[C@H](O)[C@@H]1OC(=O)c1ccccc1. The smallest absolute Gasteiger partial charge is 0.338 e. The van der Waals surface area contributed by atoms with Crippen LogP contribution in [0.25, 0.3) is 0 Å². The van der Waals surface area contributed by atoms with Gasteiger partial charge in [-0.05, 0) is 31.2 Å². The normalized spacial score (nSPS) is 25.6. The molecule has 5 atom stereocenters. The van der Waals surface area contributed by atoms with Gasteiger partial charge in [0.2, 0.25) is 0 Å². The van der Waals surface area contributed by atoms with E-state index >= 15 is 0 Å². The largest absolute Gasteiger partial charge is 0.456 e. The zero-order valence-corrected chi connectivity index (χ0v) is 14.6. The molecule has 2 aromatic carbocycles. The van der Waals surface area contributed by atoms with Crippen LogP contribution >= 0.6 is 0 Å². The van der Waals surface area contributed by atoms with Gasteiger partial charge in [0.1, 0.15) is 18.3 Å². The highest BCUT2D eigenvalue weighted by atomic mass is 16.7. The Bertz CT molecular complexity index is 777. The van der Waals surface area contributed by atoms with Crippen molar-refractivity contribution in [3.8, 4) is 0 Å². The first-order chi connectivity index (χ1) is 13.0. The van der Waals surface area contributed by atoms with E-state index in [-0.39, 0.29) is 0 Å². The highest BCUT2D eigenvalue weighted by Gasteiger charge is 2.49. The van der Waals surface area contributed by atoms with Crippen LogP contribution in [0.2, 0.25) is 0 Å². The summed E-state index contributed by atoms with van der Waals surface area (Å²) in [7, 11) is 0. The lowest BCUT2D eigenvalue weighted by Gasteiger charge is -2.25. The molecule has 1 aliphatic heterocycles. The maximum atomic E-state index is 12.3. The molecule has 2 aromatic rings. The summed E-state index contributed by atoms with van der Waals surface area (Å²) >= 11 is 0. The van der Waals surface area contributed by atoms with E-state index in [4.69, 9.17) is 14.2 Å². The number of ether oxygens (including phenoxy) is 3. The van der Waals surface area contributed by atoms with E-state index in [2.05, 4.69) is 0 Å². The number of aliphatic hydroxyl groups is 2. The molecule has 27 heavy (non-hydrogen) atoms. The molecule has 0 aromatic heterocycles. The van der Waals surface area contributed by atoms with Crippen molar-refractivity contribution in [2.24, 2.45) is 0 Å². The molecule has 142 valence electrons. The zero-order chi connectivity index (χ0) is 19.4. The van der Waals surface area contributed by atoms with Gasteiger partial charge in [0.25, 0.3) is 0 Å². The maximum Gasteiger partial charge on any atom is 0.338 e. The van der Waals surface area contributed by atoms with Crippen LogP contribution in [0.4, 0.5) is 0 Å². The third-order valence-electron chi connectivity index (χ3n) is 4.27. The van der Waals surface area contributed by atoms with Crippen LogP contribution in [0, 0.1) is 0 Å². The quantitative estimate of drug-likeness (QED) is 0.768. The molecule has 3 rings (SSSR count). The lowest BCUT2D eigenvalue weighted by molar-refractivity contribution is -0.144. The van der Waals surface area contributed by atoms with Crippen molar-refractivity contribution in [1.29, 1.82) is 0 Å². The Morgan fingerprint density at radius 1 is 0.926 bits per heavy atom. The molecule has 0 spiro atoms. The molecule has 1 fully saturated rings. The predicted octanol–water partition coefficient (Wildman–Crippen LogP) is 1.54. The molecule has 2 N–H and O–H groups in total. The van der Waals surface area contributed by atoms with E-state index in [0.717, 1.165) is 0 Å². The standard InChI is InChI=1S/C20H20O7/c1-12(25-18(22)13-8-4-2-5-9-13)16-17(15(21)20(24)26-16)27-19(23)14-10-6-3-7-11-14/h2-12,15-17,20-21,24H,1H3/t12-,15-,16-,17+,20?/m1/s1. The van der Waals surface area contributed by atoms with Crippen molar-refractivity contribution in [1.82, 2.24) is 0 Å². The van der Waals surface area contributed by atoms with Gasteiger partial charge >= 0.3 is 11.9 Å². The summed E-state index contributed by atoms with van der Waals surface area (Å²) in [6.07, 6.45) is -6.10. The summed E-state index contributed by atoms with van der Waals surface area (Å²) in [4.78, 5) is 24.5. The Morgan fingerprint density at radius 3 is 2.00 bits per heavy atom. The summed E-state index contributed by atoms with van der Waals surface area (Å²) < 4.78 is 16.0. The van der Waals surface area contributed by atoms with Crippen LogP contribution in [0.1, 0.15) is 27.6 Å². The fourth-order valence-electron chi connectivity index (χ4n) is 2.83. The van der Waals surface area contributed by atoms with Crippen LogP contribution in [0.5, 0.6) is 0 Å². The molecule has 1 heterocycles. The Morgan fingerprint density at radius 2 is 1.44 bits per heavy atom. The second kappa shape index (κ2) is 8.30. The van der Waals surface area contributed by atoms with Gasteiger partial charge < -0.3 is 24.4 Å². The highest BCUT2D eigenvalue weighted by Crippen LogP contribution is 2.27. The van der Waals surface area contributed by atoms with Gasteiger partial charge in [-0.3, -0.25) is 0 Å². The minimum Gasteiger partial charge on any atom is -0.456 e. The third-order valence-corrected chi connectivity index (χ3v) is 4.27. The van der Waals surface area contributed by atoms with Gasteiger partial charge in [-0.15, -0.1) is 0 Å². The molecular formula is C20H20O7. The van der Waals surface area contributed by atoms with E-state index in [1.165, 1.54) is 0 Å². The second-order valence-corrected chi connectivity index (χ2v) is 6.19. The van der Waals surface area contributed by atoms with Crippen molar-refractivity contribution < 1.29 is 34.0 Å². The van der Waals surface area contributed by atoms with Crippen molar-refractivity contribution in [2.75, 3.05) is 0 Å². The molecular weight excluding hydrogens is 352 g/mol. The Balaban J connectivity index is 1.70. The minimum atomic E-state index is -1.55. The number of hydrogen-bond acceptors (Lipinski definition) is 7. The number of carbonyl (C=O) groups is 2. The predicted molar refractivity (Wildman–Crippen MR) is 93.9 cm³/mol. The Labute approximate surface area is 156 Å². The van der Waals surface area contributed by atoms with Gasteiger partial charge in [-0.2, -0.15) is 0 Å². The van der Waals surface area contributed by atoms with E-state index < -0.39 is 42.6 Å². The molecule has 1 aliphatic rings. The van der Waals surface area contributed by atoms with Crippen LogP contribution in [0.15, 0.2) is 60.7 Å². The molecule has 0 saturated carbocycles. The lowest BCUT2D eigenvalue weighted by atomic mass is 10.1. The van der Waals surface area contributed by atoms with E-state index in [1.54, 1.807) is 67.6 Å². The van der Waals surface area contributed by atoms with Crippen LogP contribution in [-0.2, 0) is 14.2 Å². The molecule has 7 nitrogen and oxygen atoms in total. The van der Waals surface area contributed by atoms with E-state index in [0.29, 0.717) is 11.1 Å². The average Bonchev–Trinajstić information content (AvgIpc) is 2.97. The number of aliphatic hydroxyl groups excluding tert-OH is 2. The summed E-state index contributed by atoms with van der Waals surface area (Å²) in [6.45, 7) is 1.54. The number of benzene rings is 2. The lowest BCUT2D eigenvalue weighted by Crippen LogP contribution is -2.42. The maximum absolute atomic E-state index is 12.3. The fourth-order valence-corrected chi connectivity index (χ4v) is 2.83. The van der Waals surface area contributed by atoms with Crippen molar-refractivity contribution >= 4 is 11.9 Å². The summed E-state index contributed by atoms with van der Waals surface area (Å²) in [5, 5.41) is 19.9. The number of carbonyl (C=O) groups excluding carboxylic acids is 2. The van der Waals surface area contributed by atoms with Crippen molar-refractivity contribution in [3.63, 3.8) is 0 Å². The Kier molecular flexibility index (Phi) is 5.85. The third kappa shape index (κ3) is 4.33. The fraction of sp³-hybridized carbons (Fsp3) is 0.300. The molecule has 0 radical (unpaired) electrons.